The first kappa shape index (κ1) is 17.2. The number of hydrogen-bond acceptors (Lipinski definition) is 1. The predicted octanol–water partition coefficient (Wildman–Crippen LogP) is 5.56. The van der Waals surface area contributed by atoms with Crippen molar-refractivity contribution in [1.82, 2.24) is 0 Å². The summed E-state index contributed by atoms with van der Waals surface area (Å²) in [5.74, 6) is 1.16. The van der Waals surface area contributed by atoms with Gasteiger partial charge in [-0.2, -0.15) is 0 Å². The van der Waals surface area contributed by atoms with Crippen molar-refractivity contribution in [2.75, 3.05) is 7.11 Å². The van der Waals surface area contributed by atoms with Crippen LogP contribution in [0.4, 0.5) is 0 Å². The topological polar surface area (TPSA) is 30.6 Å². The molecule has 25 heavy (non-hydrogen) atoms. The third-order valence-corrected chi connectivity index (χ3v) is 4.81. The molecular formula is C23H25O2+. The molecule has 0 aromatic carbocycles. The Labute approximate surface area is 149 Å². The highest BCUT2D eigenvalue weighted by atomic mass is 16.5. The highest BCUT2D eigenvalue weighted by Crippen LogP contribution is 2.37. The smallest absolute Gasteiger partial charge is 0.388 e. The predicted molar refractivity (Wildman–Crippen MR) is 106 cm³/mol. The summed E-state index contributed by atoms with van der Waals surface area (Å²) < 4.78 is 5.23. The van der Waals surface area contributed by atoms with E-state index in [4.69, 9.17) is 4.74 Å². The van der Waals surface area contributed by atoms with E-state index in [-0.39, 0.29) is 5.78 Å². The Morgan fingerprint density at radius 1 is 1.08 bits per heavy atom. The molecule has 0 unspecified atom stereocenters. The minimum Gasteiger partial charge on any atom is -0.488 e. The Morgan fingerprint density at radius 2 is 1.84 bits per heavy atom. The van der Waals surface area contributed by atoms with Gasteiger partial charge in [0.05, 0.1) is 12.7 Å². The summed E-state index contributed by atoms with van der Waals surface area (Å²) in [7, 11) is 1.57. The van der Waals surface area contributed by atoms with Crippen LogP contribution in [0, 0.1) is 13.8 Å². The van der Waals surface area contributed by atoms with Crippen molar-refractivity contribution in [1.29, 1.82) is 0 Å². The van der Waals surface area contributed by atoms with Crippen LogP contribution in [0.2, 0.25) is 0 Å². The second kappa shape index (κ2) is 6.72. The standard InChI is InChI=1S/C23H24O2/c1-14(2)17-10-9-15(3)22-19(11-16(4)20(22)13-17)12-18-7-6-8-21(25-5)23(18)24/h6-14H,1-5H3/p+1. The molecular weight excluding hydrogens is 308 g/mol. The van der Waals surface area contributed by atoms with Gasteiger partial charge in [-0.15, -0.1) is 0 Å². The van der Waals surface area contributed by atoms with E-state index in [1.54, 1.807) is 13.2 Å². The molecule has 0 saturated heterocycles. The summed E-state index contributed by atoms with van der Waals surface area (Å²) in [6, 6.07) is 8.90. The molecule has 0 spiro atoms. The number of methoxy groups -OCH3 is 1. The van der Waals surface area contributed by atoms with E-state index in [0.29, 0.717) is 11.7 Å². The third-order valence-electron chi connectivity index (χ3n) is 4.81. The second-order valence-corrected chi connectivity index (χ2v) is 6.93. The number of allylic oxidation sites excluding steroid dienone is 4. The van der Waals surface area contributed by atoms with Crippen LogP contribution < -0.4 is 0 Å². The van der Waals surface area contributed by atoms with Crippen LogP contribution in [-0.2, 0) is 4.74 Å². The van der Waals surface area contributed by atoms with E-state index < -0.39 is 0 Å². The van der Waals surface area contributed by atoms with Gasteiger partial charge < -0.3 is 4.74 Å². The normalized spacial score (nSPS) is 16.0. The van der Waals surface area contributed by atoms with Gasteiger partial charge in [-0.25, -0.2) is 0 Å². The van der Waals surface area contributed by atoms with Gasteiger partial charge in [0.15, 0.2) is 0 Å². The number of ether oxygens (including phenoxy) is 1. The zero-order valence-corrected chi connectivity index (χ0v) is 15.6. The Hall–Kier alpha value is -2.61. The summed E-state index contributed by atoms with van der Waals surface area (Å²) in [5, 5.41) is 0. The van der Waals surface area contributed by atoms with Crippen LogP contribution >= 0.6 is 0 Å². The summed E-state index contributed by atoms with van der Waals surface area (Å²) >= 11 is 0. The molecule has 0 bridgehead atoms. The molecule has 0 aliphatic heterocycles. The maximum Gasteiger partial charge on any atom is 0.388 e. The Kier molecular flexibility index (Phi) is 4.63. The molecule has 0 aromatic rings. The third kappa shape index (κ3) is 3.17. The molecule has 0 atom stereocenters. The number of hydrogen-bond donors (Lipinski definition) is 0. The fourth-order valence-electron chi connectivity index (χ4n) is 3.34. The quantitative estimate of drug-likeness (QED) is 0.534. The number of fused-ring (bicyclic) bond motifs is 1. The Morgan fingerprint density at radius 3 is 2.52 bits per heavy atom. The van der Waals surface area contributed by atoms with E-state index in [1.165, 1.54) is 27.8 Å². The van der Waals surface area contributed by atoms with Crippen LogP contribution in [0.15, 0.2) is 53.8 Å². The van der Waals surface area contributed by atoms with Crippen molar-refractivity contribution in [2.24, 2.45) is 0 Å². The molecule has 3 rings (SSSR count). The Balaban J connectivity index is 2.15. The lowest BCUT2D eigenvalue weighted by atomic mass is 9.98. The lowest BCUT2D eigenvalue weighted by Gasteiger charge is -2.06. The van der Waals surface area contributed by atoms with Crippen LogP contribution in [0.25, 0.3) is 17.2 Å². The monoisotopic (exact) mass is 333 g/mol. The van der Waals surface area contributed by atoms with Crippen molar-refractivity contribution in [3.05, 3.63) is 76.1 Å². The fourth-order valence-corrected chi connectivity index (χ4v) is 3.34. The summed E-state index contributed by atoms with van der Waals surface area (Å²) in [6.45, 7) is 8.73. The minimum atomic E-state index is 0.179. The van der Waals surface area contributed by atoms with E-state index in [0.717, 1.165) is 11.1 Å². The highest BCUT2D eigenvalue weighted by Gasteiger charge is 2.24. The fraction of sp³-hybridized carbons (Fsp3) is 0.261. The molecule has 0 fully saturated rings. The molecule has 3 aliphatic rings. The number of rotatable bonds is 3. The molecule has 0 saturated carbocycles. The average Bonchev–Trinajstić information content (AvgIpc) is 2.75. The van der Waals surface area contributed by atoms with Crippen molar-refractivity contribution in [2.45, 2.75) is 33.6 Å². The van der Waals surface area contributed by atoms with Crippen LogP contribution in [0.3, 0.4) is 0 Å². The van der Waals surface area contributed by atoms with Crippen LogP contribution in [0.5, 0.6) is 0 Å². The zero-order valence-electron chi connectivity index (χ0n) is 15.6. The van der Waals surface area contributed by atoms with Gasteiger partial charge >= 0.3 is 5.78 Å². The zero-order chi connectivity index (χ0) is 18.1. The molecule has 0 amide bonds. The molecule has 2 nitrogen and oxygen atoms in total. The first-order valence-electron chi connectivity index (χ1n) is 8.67. The number of carbonyl (C=O) groups excluding carboxylic acids is 1. The maximum atomic E-state index is 10.4. The molecule has 3 aliphatic carbocycles. The van der Waals surface area contributed by atoms with E-state index >= 15 is 0 Å². The van der Waals surface area contributed by atoms with Gasteiger partial charge in [-0.1, -0.05) is 44.2 Å². The maximum absolute atomic E-state index is 10.4. The summed E-state index contributed by atoms with van der Waals surface area (Å²) in [5.41, 5.74) is 8.24. The molecule has 0 heterocycles. The Bertz CT molecular complexity index is 895. The number of aryl methyl sites for hydroxylation is 2. The van der Waals surface area contributed by atoms with Gasteiger partial charge in [0, 0.05) is 0 Å². The highest BCUT2D eigenvalue weighted by molar-refractivity contribution is 6.14. The first-order valence-corrected chi connectivity index (χ1v) is 8.67. The first-order chi connectivity index (χ1) is 11.9. The van der Waals surface area contributed by atoms with Gasteiger partial charge in [-0.05, 0) is 71.4 Å². The second-order valence-electron chi connectivity index (χ2n) is 6.93. The van der Waals surface area contributed by atoms with E-state index in [9.17, 15) is 4.79 Å². The SMILES string of the molecule is COC1=CC=CC(=Cc2cc(C)c3cc(C(C)C)ccc(C)c2-3)C1=[OH+]. The van der Waals surface area contributed by atoms with Crippen molar-refractivity contribution in [3.8, 4) is 11.1 Å². The van der Waals surface area contributed by atoms with E-state index in [1.807, 2.05) is 18.2 Å². The molecule has 0 aromatic heterocycles. The van der Waals surface area contributed by atoms with Crippen LogP contribution in [-0.4, -0.2) is 17.7 Å². The molecule has 0 radical (unpaired) electrons. The van der Waals surface area contributed by atoms with Gasteiger partial charge in [0.2, 0.25) is 5.76 Å². The average molecular weight is 333 g/mol. The minimum absolute atomic E-state index is 0.179. The van der Waals surface area contributed by atoms with Crippen molar-refractivity contribution < 1.29 is 9.53 Å². The lowest BCUT2D eigenvalue weighted by Crippen LogP contribution is -2.09. The van der Waals surface area contributed by atoms with Crippen LogP contribution in [0.1, 0.15) is 42.0 Å². The lowest BCUT2D eigenvalue weighted by molar-refractivity contribution is 0.310. The number of ketones is 1. The molecule has 1 N–H and O–H groups in total. The van der Waals surface area contributed by atoms with Gasteiger partial charge in [0.1, 0.15) is 0 Å². The van der Waals surface area contributed by atoms with Crippen molar-refractivity contribution >= 4 is 11.9 Å². The largest absolute Gasteiger partial charge is 0.488 e. The summed E-state index contributed by atoms with van der Waals surface area (Å²) in [4.78, 5) is 10.4. The summed E-state index contributed by atoms with van der Waals surface area (Å²) in [6.07, 6.45) is 7.60. The van der Waals surface area contributed by atoms with Gasteiger partial charge in [-0.3, -0.25) is 4.79 Å². The molecule has 128 valence electrons. The van der Waals surface area contributed by atoms with Crippen molar-refractivity contribution in [3.63, 3.8) is 0 Å². The van der Waals surface area contributed by atoms with E-state index in [2.05, 4.69) is 52.0 Å². The molecule has 2 heteroatoms. The van der Waals surface area contributed by atoms with Gasteiger partial charge in [0.25, 0.3) is 0 Å².